The van der Waals surface area contributed by atoms with E-state index in [0.29, 0.717) is 6.54 Å². The van der Waals surface area contributed by atoms with Crippen LogP contribution in [0.25, 0.3) is 0 Å². The summed E-state index contributed by atoms with van der Waals surface area (Å²) < 4.78 is 5.23. The second-order valence-corrected chi connectivity index (χ2v) is 4.28. The second kappa shape index (κ2) is 5.16. The molecule has 1 saturated heterocycles. The van der Waals surface area contributed by atoms with E-state index < -0.39 is 0 Å². The van der Waals surface area contributed by atoms with Crippen LogP contribution in [0.2, 0.25) is 0 Å². The van der Waals surface area contributed by atoms with Crippen LogP contribution >= 0.6 is 0 Å². The Labute approximate surface area is 95.6 Å². The number of hydrogen-bond acceptors (Lipinski definition) is 3. The number of nitrogens with one attached hydrogen (secondary N) is 1. The number of piperidine rings is 1. The molecule has 0 unspecified atom stereocenters. The number of rotatable bonds is 3. The van der Waals surface area contributed by atoms with Crippen molar-refractivity contribution in [1.29, 1.82) is 0 Å². The first kappa shape index (κ1) is 11.2. The van der Waals surface area contributed by atoms with Crippen LogP contribution in [0.4, 0.5) is 0 Å². The summed E-state index contributed by atoms with van der Waals surface area (Å²) in [5.74, 6) is 0.989. The predicted molar refractivity (Wildman–Crippen MR) is 60.8 cm³/mol. The van der Waals surface area contributed by atoms with Crippen LogP contribution < -0.4 is 5.32 Å². The highest BCUT2D eigenvalue weighted by atomic mass is 16.3. The van der Waals surface area contributed by atoms with Crippen molar-refractivity contribution in [2.24, 2.45) is 0 Å². The Hall–Kier alpha value is -1.29. The van der Waals surface area contributed by atoms with E-state index in [1.54, 1.807) is 11.2 Å². The van der Waals surface area contributed by atoms with E-state index in [2.05, 4.69) is 5.32 Å². The van der Waals surface area contributed by atoms with Crippen molar-refractivity contribution in [1.82, 2.24) is 10.2 Å². The molecule has 1 fully saturated rings. The Bertz CT molecular complexity index is 329. The molecular formula is C12H18N2O2. The number of furan rings is 1. The molecule has 0 radical (unpaired) electrons. The fourth-order valence-corrected chi connectivity index (χ4v) is 2.04. The van der Waals surface area contributed by atoms with E-state index in [-0.39, 0.29) is 11.9 Å². The lowest BCUT2D eigenvalue weighted by Crippen LogP contribution is -2.46. The van der Waals surface area contributed by atoms with Crippen molar-refractivity contribution in [2.75, 3.05) is 13.6 Å². The van der Waals surface area contributed by atoms with Gasteiger partial charge >= 0.3 is 0 Å². The van der Waals surface area contributed by atoms with Crippen LogP contribution in [0.3, 0.4) is 0 Å². The van der Waals surface area contributed by atoms with Crippen molar-refractivity contribution in [3.63, 3.8) is 0 Å². The van der Waals surface area contributed by atoms with Crippen LogP contribution in [0.5, 0.6) is 0 Å². The van der Waals surface area contributed by atoms with Gasteiger partial charge in [-0.2, -0.15) is 0 Å². The molecule has 0 aliphatic carbocycles. The quantitative estimate of drug-likeness (QED) is 0.840. The van der Waals surface area contributed by atoms with E-state index in [9.17, 15) is 4.79 Å². The summed E-state index contributed by atoms with van der Waals surface area (Å²) in [4.78, 5) is 13.8. The molecule has 0 saturated carbocycles. The second-order valence-electron chi connectivity index (χ2n) is 4.28. The van der Waals surface area contributed by atoms with Crippen molar-refractivity contribution >= 4 is 5.91 Å². The molecule has 1 amide bonds. The van der Waals surface area contributed by atoms with Gasteiger partial charge in [-0.05, 0) is 31.5 Å². The van der Waals surface area contributed by atoms with Gasteiger partial charge in [0.05, 0.1) is 18.8 Å². The van der Waals surface area contributed by atoms with Crippen LogP contribution in [-0.2, 0) is 11.3 Å². The summed E-state index contributed by atoms with van der Waals surface area (Å²) in [5, 5.41) is 3.26. The zero-order chi connectivity index (χ0) is 11.4. The zero-order valence-electron chi connectivity index (χ0n) is 9.61. The number of likely N-dealkylation sites (N-methyl/N-ethyl adjacent to an activating group) is 1. The summed E-state index contributed by atoms with van der Waals surface area (Å²) >= 11 is 0. The Kier molecular flexibility index (Phi) is 3.62. The highest BCUT2D eigenvalue weighted by Gasteiger charge is 2.23. The summed E-state index contributed by atoms with van der Waals surface area (Å²) in [6.07, 6.45) is 4.89. The Balaban J connectivity index is 1.88. The average molecular weight is 222 g/mol. The molecule has 2 rings (SSSR count). The zero-order valence-corrected chi connectivity index (χ0v) is 9.61. The predicted octanol–water partition coefficient (Wildman–Crippen LogP) is 1.38. The average Bonchev–Trinajstić information content (AvgIpc) is 2.82. The minimum Gasteiger partial charge on any atom is -0.467 e. The van der Waals surface area contributed by atoms with Crippen molar-refractivity contribution in [3.8, 4) is 0 Å². The van der Waals surface area contributed by atoms with Gasteiger partial charge in [-0.1, -0.05) is 6.42 Å². The third-order valence-electron chi connectivity index (χ3n) is 2.96. The molecule has 0 aromatic carbocycles. The Morgan fingerprint density at radius 3 is 3.12 bits per heavy atom. The molecule has 0 bridgehead atoms. The minimum absolute atomic E-state index is 0.00582. The van der Waals surface area contributed by atoms with Gasteiger partial charge < -0.3 is 14.6 Å². The molecule has 88 valence electrons. The van der Waals surface area contributed by atoms with E-state index in [4.69, 9.17) is 4.42 Å². The highest BCUT2D eigenvalue weighted by molar-refractivity contribution is 5.81. The molecule has 4 heteroatoms. The monoisotopic (exact) mass is 222 g/mol. The van der Waals surface area contributed by atoms with Gasteiger partial charge in [0.15, 0.2) is 0 Å². The molecule has 4 nitrogen and oxygen atoms in total. The van der Waals surface area contributed by atoms with E-state index in [1.807, 2.05) is 19.2 Å². The molecule has 1 aliphatic heterocycles. The summed E-state index contributed by atoms with van der Waals surface area (Å²) in [6, 6.07) is 3.72. The molecule has 1 aromatic heterocycles. The highest BCUT2D eigenvalue weighted by Crippen LogP contribution is 2.11. The Morgan fingerprint density at radius 1 is 1.62 bits per heavy atom. The van der Waals surface area contributed by atoms with Crippen molar-refractivity contribution in [2.45, 2.75) is 31.8 Å². The smallest absolute Gasteiger partial charge is 0.239 e. The molecule has 1 atom stereocenters. The minimum atomic E-state index is -0.00582. The van der Waals surface area contributed by atoms with Crippen LogP contribution in [0.1, 0.15) is 25.0 Å². The molecule has 2 heterocycles. The molecule has 0 spiro atoms. The number of nitrogens with zero attached hydrogens (tertiary/aromatic N) is 1. The largest absolute Gasteiger partial charge is 0.467 e. The van der Waals surface area contributed by atoms with Crippen LogP contribution in [0, 0.1) is 0 Å². The van der Waals surface area contributed by atoms with E-state index in [1.165, 1.54) is 6.42 Å². The fourth-order valence-electron chi connectivity index (χ4n) is 2.04. The third kappa shape index (κ3) is 2.64. The van der Waals surface area contributed by atoms with Gasteiger partial charge in [-0.3, -0.25) is 4.79 Å². The van der Waals surface area contributed by atoms with Crippen LogP contribution in [-0.4, -0.2) is 30.4 Å². The maximum atomic E-state index is 12.0. The first-order valence-electron chi connectivity index (χ1n) is 5.78. The number of hydrogen-bond donors (Lipinski definition) is 1. The maximum absolute atomic E-state index is 12.0. The van der Waals surface area contributed by atoms with Crippen molar-refractivity contribution < 1.29 is 9.21 Å². The van der Waals surface area contributed by atoms with Gasteiger partial charge in [0.1, 0.15) is 5.76 Å². The molecule has 1 aromatic rings. The molecule has 16 heavy (non-hydrogen) atoms. The first-order valence-corrected chi connectivity index (χ1v) is 5.78. The summed E-state index contributed by atoms with van der Waals surface area (Å²) in [6.45, 7) is 1.50. The van der Waals surface area contributed by atoms with Gasteiger partial charge in [0.25, 0.3) is 0 Å². The van der Waals surface area contributed by atoms with E-state index in [0.717, 1.165) is 25.1 Å². The topological polar surface area (TPSA) is 45.5 Å². The summed E-state index contributed by atoms with van der Waals surface area (Å²) in [7, 11) is 1.82. The van der Waals surface area contributed by atoms with Crippen molar-refractivity contribution in [3.05, 3.63) is 24.2 Å². The first-order chi connectivity index (χ1) is 7.77. The lowest BCUT2D eigenvalue weighted by molar-refractivity contribution is -0.133. The third-order valence-corrected chi connectivity index (χ3v) is 2.96. The molecule has 1 aliphatic rings. The van der Waals surface area contributed by atoms with Gasteiger partial charge in [0.2, 0.25) is 5.91 Å². The summed E-state index contributed by atoms with van der Waals surface area (Å²) in [5.41, 5.74) is 0. The van der Waals surface area contributed by atoms with E-state index >= 15 is 0 Å². The number of carbonyl (C=O) groups excluding carboxylic acids is 1. The molecular weight excluding hydrogens is 204 g/mol. The lowest BCUT2D eigenvalue weighted by Gasteiger charge is -2.26. The van der Waals surface area contributed by atoms with Crippen LogP contribution in [0.15, 0.2) is 22.8 Å². The number of amides is 1. The fraction of sp³-hybridized carbons (Fsp3) is 0.583. The lowest BCUT2D eigenvalue weighted by atomic mass is 10.0. The van der Waals surface area contributed by atoms with Gasteiger partial charge in [-0.25, -0.2) is 0 Å². The Morgan fingerprint density at radius 2 is 2.50 bits per heavy atom. The molecule has 1 N–H and O–H groups in total. The number of carbonyl (C=O) groups is 1. The normalized spacial score (nSPS) is 20.7. The maximum Gasteiger partial charge on any atom is 0.239 e. The standard InChI is InChI=1S/C12H18N2O2/c1-14(9-10-5-4-8-16-10)12(15)11-6-2-3-7-13-11/h4-5,8,11,13H,2-3,6-7,9H2,1H3/t11-/m1/s1. The SMILES string of the molecule is CN(Cc1ccco1)C(=O)[C@H]1CCCCN1. The van der Waals surface area contributed by atoms with Gasteiger partial charge in [0, 0.05) is 7.05 Å². The van der Waals surface area contributed by atoms with Gasteiger partial charge in [-0.15, -0.1) is 0 Å².